The van der Waals surface area contributed by atoms with Crippen molar-refractivity contribution < 1.29 is 22.7 Å². The molecule has 0 saturated heterocycles. The van der Waals surface area contributed by atoms with E-state index in [1.165, 1.54) is 4.40 Å². The lowest BCUT2D eigenvalue weighted by Crippen LogP contribution is -2.27. The van der Waals surface area contributed by atoms with E-state index in [4.69, 9.17) is 9.47 Å². The molecule has 1 atom stereocenters. The second-order valence-electron chi connectivity index (χ2n) is 7.72. The van der Waals surface area contributed by atoms with Crippen molar-refractivity contribution in [1.29, 1.82) is 0 Å². The molecule has 4 aromatic rings. The number of nitrogens with zero attached hydrogens (tertiary/aromatic N) is 3. The largest absolute Gasteiger partial charge is 0.493 e. The Morgan fingerprint density at radius 3 is 2.59 bits per heavy atom. The summed E-state index contributed by atoms with van der Waals surface area (Å²) in [5, 5.41) is 2.70. The number of aromatic nitrogens is 3. The number of ether oxygens (including phenoxy) is 2. The zero-order valence-electron chi connectivity index (χ0n) is 18.9. The molecule has 9 nitrogen and oxygen atoms in total. The SMILES string of the molecule is COc1cc(C(C)NC(=O)c2nc(S(C)(=O)=O)n3ccccc23)ccc1OCc1ccncc1. The first-order chi connectivity index (χ1) is 16.3. The van der Waals surface area contributed by atoms with Gasteiger partial charge in [-0.05, 0) is 54.4 Å². The Morgan fingerprint density at radius 2 is 1.88 bits per heavy atom. The zero-order valence-corrected chi connectivity index (χ0v) is 19.7. The average Bonchev–Trinajstić information content (AvgIpc) is 3.24. The number of pyridine rings is 2. The number of benzene rings is 1. The summed E-state index contributed by atoms with van der Waals surface area (Å²) >= 11 is 0. The van der Waals surface area contributed by atoms with E-state index < -0.39 is 21.8 Å². The first-order valence-corrected chi connectivity index (χ1v) is 12.3. The van der Waals surface area contributed by atoms with Crippen molar-refractivity contribution >= 4 is 21.3 Å². The number of hydrogen-bond acceptors (Lipinski definition) is 7. The van der Waals surface area contributed by atoms with Gasteiger partial charge >= 0.3 is 0 Å². The van der Waals surface area contributed by atoms with Gasteiger partial charge in [-0.2, -0.15) is 0 Å². The van der Waals surface area contributed by atoms with E-state index in [2.05, 4.69) is 15.3 Å². The fourth-order valence-corrected chi connectivity index (χ4v) is 4.27. The molecule has 0 fully saturated rings. The summed E-state index contributed by atoms with van der Waals surface area (Å²) in [7, 11) is -2.08. The number of imidazole rings is 1. The Bertz CT molecular complexity index is 1430. The fourth-order valence-electron chi connectivity index (χ4n) is 3.50. The molecule has 1 amide bonds. The second-order valence-corrected chi connectivity index (χ2v) is 9.63. The molecule has 176 valence electrons. The number of hydrogen-bond donors (Lipinski definition) is 1. The maximum absolute atomic E-state index is 13.0. The molecule has 1 aromatic carbocycles. The molecule has 0 radical (unpaired) electrons. The van der Waals surface area contributed by atoms with Crippen molar-refractivity contribution in [2.75, 3.05) is 13.4 Å². The summed E-state index contributed by atoms with van der Waals surface area (Å²) in [5.74, 6) is 0.613. The van der Waals surface area contributed by atoms with E-state index in [0.29, 0.717) is 23.6 Å². The van der Waals surface area contributed by atoms with E-state index in [0.717, 1.165) is 17.4 Å². The third-order valence-corrected chi connectivity index (χ3v) is 6.19. The smallest absolute Gasteiger partial charge is 0.272 e. The number of fused-ring (bicyclic) bond motifs is 1. The Balaban J connectivity index is 1.54. The summed E-state index contributed by atoms with van der Waals surface area (Å²) in [6.45, 7) is 2.18. The molecular weight excluding hydrogens is 456 g/mol. The minimum atomic E-state index is -3.62. The first kappa shape index (κ1) is 23.2. The lowest BCUT2D eigenvalue weighted by atomic mass is 10.1. The number of rotatable bonds is 8. The molecule has 1 unspecified atom stereocenters. The Kier molecular flexibility index (Phi) is 6.51. The molecule has 3 heterocycles. The van der Waals surface area contributed by atoms with Gasteiger partial charge in [-0.25, -0.2) is 13.4 Å². The van der Waals surface area contributed by atoms with Gasteiger partial charge < -0.3 is 14.8 Å². The van der Waals surface area contributed by atoms with Gasteiger partial charge in [-0.1, -0.05) is 12.1 Å². The molecule has 0 saturated carbocycles. The zero-order chi connectivity index (χ0) is 24.3. The minimum Gasteiger partial charge on any atom is -0.493 e. The molecule has 0 aliphatic heterocycles. The molecule has 0 aliphatic rings. The number of nitrogens with one attached hydrogen (secondary N) is 1. The number of methoxy groups -OCH3 is 1. The van der Waals surface area contributed by atoms with Crippen molar-refractivity contribution in [3.63, 3.8) is 0 Å². The van der Waals surface area contributed by atoms with Crippen LogP contribution in [-0.4, -0.2) is 42.1 Å². The van der Waals surface area contributed by atoms with Crippen molar-refractivity contribution in [2.24, 2.45) is 0 Å². The standard InChI is InChI=1S/C24H24N4O5S/c1-16(18-7-8-20(21(14-18)32-2)33-15-17-9-11-25-12-10-17)26-23(29)22-19-6-4-5-13-28(19)24(27-22)34(3,30)31/h4-14,16H,15H2,1-3H3,(H,26,29). The first-order valence-electron chi connectivity index (χ1n) is 10.5. The predicted octanol–water partition coefficient (Wildman–Crippen LogP) is 3.21. The summed E-state index contributed by atoms with van der Waals surface area (Å²) in [5.41, 5.74) is 2.21. The quantitative estimate of drug-likeness (QED) is 0.412. The molecule has 34 heavy (non-hydrogen) atoms. The van der Waals surface area contributed by atoms with Gasteiger partial charge in [0.15, 0.2) is 17.2 Å². The highest BCUT2D eigenvalue weighted by atomic mass is 32.2. The monoisotopic (exact) mass is 480 g/mol. The predicted molar refractivity (Wildman–Crippen MR) is 126 cm³/mol. The molecule has 0 bridgehead atoms. The summed E-state index contributed by atoms with van der Waals surface area (Å²) in [6, 6.07) is 13.8. The maximum atomic E-state index is 13.0. The molecule has 0 spiro atoms. The van der Waals surface area contributed by atoms with E-state index in [-0.39, 0.29) is 10.9 Å². The van der Waals surface area contributed by atoms with E-state index in [1.54, 1.807) is 56.0 Å². The molecular formula is C24H24N4O5S. The van der Waals surface area contributed by atoms with Crippen LogP contribution in [0.4, 0.5) is 0 Å². The molecule has 1 N–H and O–H groups in total. The van der Waals surface area contributed by atoms with E-state index in [9.17, 15) is 13.2 Å². The van der Waals surface area contributed by atoms with Crippen LogP contribution < -0.4 is 14.8 Å². The van der Waals surface area contributed by atoms with E-state index >= 15 is 0 Å². The number of sulfone groups is 1. The van der Waals surface area contributed by atoms with Crippen molar-refractivity contribution in [3.05, 3.63) is 83.9 Å². The van der Waals surface area contributed by atoms with Crippen LogP contribution in [0.1, 0.15) is 34.6 Å². The van der Waals surface area contributed by atoms with Gasteiger partial charge in [0.1, 0.15) is 6.61 Å². The molecule has 4 rings (SSSR count). The van der Waals surface area contributed by atoms with Crippen LogP contribution in [0.5, 0.6) is 11.5 Å². The number of amides is 1. The molecule has 3 aromatic heterocycles. The summed E-state index contributed by atoms with van der Waals surface area (Å²) < 4.78 is 37.0. The van der Waals surface area contributed by atoms with Crippen LogP contribution in [0.25, 0.3) is 5.52 Å². The minimum absolute atomic E-state index is 0.0390. The van der Waals surface area contributed by atoms with E-state index in [1.807, 2.05) is 25.1 Å². The summed E-state index contributed by atoms with van der Waals surface area (Å²) in [4.78, 5) is 21.1. The highest BCUT2D eigenvalue weighted by Gasteiger charge is 2.24. The van der Waals surface area contributed by atoms with Crippen molar-refractivity contribution in [1.82, 2.24) is 19.7 Å². The van der Waals surface area contributed by atoms with Crippen LogP contribution in [0.3, 0.4) is 0 Å². The van der Waals surface area contributed by atoms with Crippen LogP contribution in [0.2, 0.25) is 0 Å². The van der Waals surface area contributed by atoms with Gasteiger partial charge in [-0.3, -0.25) is 14.2 Å². The normalized spacial score (nSPS) is 12.3. The highest BCUT2D eigenvalue weighted by molar-refractivity contribution is 7.90. The third-order valence-electron chi connectivity index (χ3n) is 5.24. The van der Waals surface area contributed by atoms with Gasteiger partial charge in [0.25, 0.3) is 5.91 Å². The van der Waals surface area contributed by atoms with Crippen LogP contribution in [-0.2, 0) is 16.4 Å². The Morgan fingerprint density at radius 1 is 1.12 bits per heavy atom. The second kappa shape index (κ2) is 9.52. The Hall–Kier alpha value is -3.92. The van der Waals surface area contributed by atoms with Crippen molar-refractivity contribution in [3.8, 4) is 11.5 Å². The van der Waals surface area contributed by atoms with Crippen molar-refractivity contribution in [2.45, 2.75) is 24.7 Å². The number of carbonyl (C=O) groups excluding carboxylic acids is 1. The summed E-state index contributed by atoms with van der Waals surface area (Å²) in [6.07, 6.45) is 6.02. The Labute approximate surface area is 197 Å². The molecule has 0 aliphatic carbocycles. The average molecular weight is 481 g/mol. The lowest BCUT2D eigenvalue weighted by molar-refractivity contribution is 0.0936. The highest BCUT2D eigenvalue weighted by Crippen LogP contribution is 2.31. The van der Waals surface area contributed by atoms with Gasteiger partial charge in [0, 0.05) is 24.8 Å². The molecule has 10 heteroatoms. The van der Waals surface area contributed by atoms with Gasteiger partial charge in [0.05, 0.1) is 18.7 Å². The fraction of sp³-hybridized carbons (Fsp3) is 0.208. The van der Waals surface area contributed by atoms with Crippen LogP contribution >= 0.6 is 0 Å². The number of carbonyl (C=O) groups is 1. The van der Waals surface area contributed by atoms with Crippen LogP contribution in [0, 0.1) is 0 Å². The lowest BCUT2D eigenvalue weighted by Gasteiger charge is -2.17. The third kappa shape index (κ3) is 4.86. The van der Waals surface area contributed by atoms with Crippen LogP contribution in [0.15, 0.2) is 72.3 Å². The van der Waals surface area contributed by atoms with Gasteiger partial charge in [0.2, 0.25) is 15.0 Å². The van der Waals surface area contributed by atoms with Gasteiger partial charge in [-0.15, -0.1) is 0 Å². The topological polar surface area (TPSA) is 112 Å². The maximum Gasteiger partial charge on any atom is 0.272 e.